The van der Waals surface area contributed by atoms with Crippen molar-refractivity contribution < 1.29 is 4.39 Å². The molecule has 0 fully saturated rings. The molecule has 1 aromatic carbocycles. The number of nitriles is 1. The number of thioether (sulfide) groups is 1. The van der Waals surface area contributed by atoms with E-state index >= 15 is 0 Å². The van der Waals surface area contributed by atoms with Crippen LogP contribution >= 0.6 is 11.8 Å². The van der Waals surface area contributed by atoms with Gasteiger partial charge in [0.05, 0.1) is 5.56 Å². The normalized spacial score (nSPS) is 10.9. The second-order valence-electron chi connectivity index (χ2n) is 2.78. The molecular weight excluding hydrogens is 209 g/mol. The molecule has 0 spiro atoms. The van der Waals surface area contributed by atoms with E-state index in [9.17, 15) is 4.39 Å². The van der Waals surface area contributed by atoms with Gasteiger partial charge < -0.3 is 0 Å². The van der Waals surface area contributed by atoms with Crippen LogP contribution in [-0.4, -0.2) is 6.26 Å². The molecule has 0 aliphatic rings. The lowest BCUT2D eigenvalue weighted by molar-refractivity contribution is 0.624. The van der Waals surface area contributed by atoms with E-state index in [1.165, 1.54) is 17.8 Å². The number of allylic oxidation sites excluding steroid dienone is 2. The molecule has 0 amide bonds. The van der Waals surface area contributed by atoms with E-state index in [1.807, 2.05) is 18.4 Å². The minimum atomic E-state index is -0.486. The van der Waals surface area contributed by atoms with Gasteiger partial charge in [-0.15, -0.1) is 11.8 Å². The van der Waals surface area contributed by atoms with Crippen molar-refractivity contribution in [2.45, 2.75) is 0 Å². The lowest BCUT2D eigenvalue weighted by atomic mass is 10.1. The number of hydrogen-bond donors (Lipinski definition) is 0. The minimum Gasteiger partial charge on any atom is -0.206 e. The summed E-state index contributed by atoms with van der Waals surface area (Å²) in [5.41, 5.74) is 0.900. The molecule has 3 heteroatoms. The third kappa shape index (κ3) is 2.71. The highest BCUT2D eigenvalue weighted by atomic mass is 32.2. The molecule has 0 N–H and O–H groups in total. The van der Waals surface area contributed by atoms with E-state index in [4.69, 9.17) is 5.26 Å². The molecule has 0 bridgehead atoms. The first-order chi connectivity index (χ1) is 7.22. The van der Waals surface area contributed by atoms with Gasteiger partial charge in [0.25, 0.3) is 0 Å². The number of rotatable bonds is 3. The van der Waals surface area contributed by atoms with Crippen LogP contribution in [0.15, 0.2) is 36.9 Å². The predicted octanol–water partition coefficient (Wildman–Crippen LogP) is 3.59. The zero-order valence-corrected chi connectivity index (χ0v) is 9.14. The van der Waals surface area contributed by atoms with Gasteiger partial charge in [-0.25, -0.2) is 4.39 Å². The number of nitrogens with zero attached hydrogens (tertiary/aromatic N) is 1. The Morgan fingerprint density at radius 1 is 1.60 bits per heavy atom. The monoisotopic (exact) mass is 219 g/mol. The zero-order valence-electron chi connectivity index (χ0n) is 8.33. The zero-order chi connectivity index (χ0) is 11.3. The topological polar surface area (TPSA) is 23.8 Å². The Bertz CT molecular complexity index is 443. The molecule has 76 valence electrons. The lowest BCUT2D eigenvalue weighted by Gasteiger charge is -2.04. The predicted molar refractivity (Wildman–Crippen MR) is 62.8 cm³/mol. The van der Waals surface area contributed by atoms with Gasteiger partial charge in [-0.1, -0.05) is 18.7 Å². The van der Waals surface area contributed by atoms with Gasteiger partial charge in [-0.3, -0.25) is 0 Å². The average molecular weight is 219 g/mol. The lowest BCUT2D eigenvalue weighted by Crippen LogP contribution is -1.87. The summed E-state index contributed by atoms with van der Waals surface area (Å²) in [7, 11) is 0. The van der Waals surface area contributed by atoms with Crippen molar-refractivity contribution in [1.29, 1.82) is 5.26 Å². The Hall–Kier alpha value is -1.53. The van der Waals surface area contributed by atoms with Crippen LogP contribution < -0.4 is 0 Å². The van der Waals surface area contributed by atoms with Crippen LogP contribution in [-0.2, 0) is 0 Å². The van der Waals surface area contributed by atoms with Crippen molar-refractivity contribution >= 4 is 16.7 Å². The SMILES string of the molecule is C=C/C=C(\SC)c1ccc(F)c(C#N)c1. The van der Waals surface area contributed by atoms with E-state index in [1.54, 1.807) is 18.2 Å². The maximum Gasteiger partial charge on any atom is 0.140 e. The minimum absolute atomic E-state index is 0.0662. The fraction of sp³-hybridized carbons (Fsp3) is 0.0833. The molecule has 0 saturated carbocycles. The van der Waals surface area contributed by atoms with E-state index in [0.717, 1.165) is 10.5 Å². The third-order valence-corrected chi connectivity index (χ3v) is 2.67. The van der Waals surface area contributed by atoms with Crippen molar-refractivity contribution in [2.75, 3.05) is 6.26 Å². The highest BCUT2D eigenvalue weighted by molar-refractivity contribution is 8.07. The number of halogens is 1. The first-order valence-electron chi connectivity index (χ1n) is 4.29. The summed E-state index contributed by atoms with van der Waals surface area (Å²) >= 11 is 1.53. The molecule has 1 nitrogen and oxygen atoms in total. The molecule has 0 aliphatic carbocycles. The molecule has 0 aliphatic heterocycles. The van der Waals surface area contributed by atoms with E-state index in [-0.39, 0.29) is 5.56 Å². The molecule has 0 saturated heterocycles. The van der Waals surface area contributed by atoms with Gasteiger partial charge in [-0.2, -0.15) is 5.26 Å². The molecule has 1 rings (SSSR count). The Morgan fingerprint density at radius 2 is 2.33 bits per heavy atom. The summed E-state index contributed by atoms with van der Waals surface area (Å²) in [5, 5.41) is 8.69. The second-order valence-corrected chi connectivity index (χ2v) is 3.63. The Kier molecular flexibility index (Phi) is 4.14. The fourth-order valence-electron chi connectivity index (χ4n) is 1.15. The van der Waals surface area contributed by atoms with Gasteiger partial charge in [0.1, 0.15) is 11.9 Å². The van der Waals surface area contributed by atoms with Crippen LogP contribution in [0.1, 0.15) is 11.1 Å². The van der Waals surface area contributed by atoms with Crippen LogP contribution in [0.3, 0.4) is 0 Å². The Morgan fingerprint density at radius 3 is 2.87 bits per heavy atom. The van der Waals surface area contributed by atoms with Crippen LogP contribution in [0.5, 0.6) is 0 Å². The van der Waals surface area contributed by atoms with Crippen molar-refractivity contribution in [3.05, 3.63) is 53.9 Å². The van der Waals surface area contributed by atoms with Gasteiger partial charge in [0.15, 0.2) is 0 Å². The molecule has 0 heterocycles. The van der Waals surface area contributed by atoms with Gasteiger partial charge in [0.2, 0.25) is 0 Å². The Labute approximate surface area is 92.9 Å². The first kappa shape index (κ1) is 11.5. The molecule has 15 heavy (non-hydrogen) atoms. The quantitative estimate of drug-likeness (QED) is 0.725. The molecule has 1 aromatic rings. The summed E-state index contributed by atoms with van der Waals surface area (Å²) in [6.45, 7) is 3.61. The summed E-state index contributed by atoms with van der Waals surface area (Å²) in [6, 6.07) is 6.32. The van der Waals surface area contributed by atoms with Crippen LogP contribution in [0, 0.1) is 17.1 Å². The first-order valence-corrected chi connectivity index (χ1v) is 5.52. The third-order valence-electron chi connectivity index (χ3n) is 1.86. The van der Waals surface area contributed by atoms with Gasteiger partial charge >= 0.3 is 0 Å². The van der Waals surface area contributed by atoms with Crippen LogP contribution in [0.4, 0.5) is 4.39 Å². The molecule has 0 unspecified atom stereocenters. The van der Waals surface area contributed by atoms with Crippen molar-refractivity contribution in [3.63, 3.8) is 0 Å². The van der Waals surface area contributed by atoms with Gasteiger partial charge in [0, 0.05) is 4.91 Å². The standard InChI is InChI=1S/C12H10FNS/c1-3-4-12(15-2)9-5-6-11(13)10(7-9)8-14/h3-7H,1H2,2H3/b12-4-. The van der Waals surface area contributed by atoms with E-state index < -0.39 is 5.82 Å². The fourth-order valence-corrected chi connectivity index (χ4v) is 1.75. The Balaban J connectivity index is 3.22. The van der Waals surface area contributed by atoms with Crippen LogP contribution in [0.25, 0.3) is 4.91 Å². The molecule has 0 radical (unpaired) electrons. The summed E-state index contributed by atoms with van der Waals surface area (Å²) in [6.07, 6.45) is 5.42. The molecular formula is C12H10FNS. The summed E-state index contributed by atoms with van der Waals surface area (Å²) in [5.74, 6) is -0.486. The summed E-state index contributed by atoms with van der Waals surface area (Å²) in [4.78, 5) is 0.960. The second kappa shape index (κ2) is 5.38. The average Bonchev–Trinajstić information content (AvgIpc) is 2.27. The van der Waals surface area contributed by atoms with Crippen molar-refractivity contribution in [1.82, 2.24) is 0 Å². The largest absolute Gasteiger partial charge is 0.206 e. The maximum absolute atomic E-state index is 13.1. The van der Waals surface area contributed by atoms with Crippen LogP contribution in [0.2, 0.25) is 0 Å². The maximum atomic E-state index is 13.1. The highest BCUT2D eigenvalue weighted by Gasteiger charge is 2.05. The number of benzene rings is 1. The van der Waals surface area contributed by atoms with Crippen molar-refractivity contribution in [3.8, 4) is 6.07 Å². The number of hydrogen-bond acceptors (Lipinski definition) is 2. The highest BCUT2D eigenvalue weighted by Crippen LogP contribution is 2.26. The van der Waals surface area contributed by atoms with E-state index in [2.05, 4.69) is 6.58 Å². The summed E-state index contributed by atoms with van der Waals surface area (Å²) < 4.78 is 13.1. The van der Waals surface area contributed by atoms with Gasteiger partial charge in [-0.05, 0) is 30.0 Å². The molecule has 0 aromatic heterocycles. The van der Waals surface area contributed by atoms with Crippen molar-refractivity contribution in [2.24, 2.45) is 0 Å². The molecule has 0 atom stereocenters. The van der Waals surface area contributed by atoms with E-state index in [0.29, 0.717) is 0 Å². The smallest absolute Gasteiger partial charge is 0.140 e.